The molecule has 0 N–H and O–H groups in total. The topological polar surface area (TPSA) is 6.48 Å². The van der Waals surface area contributed by atoms with Gasteiger partial charge in [0.1, 0.15) is 0 Å². The molecule has 1 aromatic rings. The Morgan fingerprint density at radius 2 is 2.12 bits per heavy atom. The van der Waals surface area contributed by atoms with Crippen molar-refractivity contribution in [3.63, 3.8) is 0 Å². The first kappa shape index (κ1) is 11.7. The summed E-state index contributed by atoms with van der Waals surface area (Å²) >= 11 is 1.99. The second-order valence-electron chi connectivity index (χ2n) is 5.50. The van der Waals surface area contributed by atoms with Crippen molar-refractivity contribution in [3.8, 4) is 0 Å². The second kappa shape index (κ2) is 5.09. The molecular formula is C14H22N2S. The third-order valence-corrected chi connectivity index (χ3v) is 5.35. The Bertz CT molecular complexity index is 366. The van der Waals surface area contributed by atoms with Crippen LogP contribution in [0, 0.1) is 0 Å². The normalized spacial score (nSPS) is 27.0. The maximum Gasteiger partial charge on any atom is 0.0121 e. The van der Waals surface area contributed by atoms with E-state index in [0.29, 0.717) is 0 Å². The molecule has 0 bridgehead atoms. The van der Waals surface area contributed by atoms with Crippen LogP contribution in [0.5, 0.6) is 0 Å². The fourth-order valence-corrected chi connectivity index (χ4v) is 4.18. The van der Waals surface area contributed by atoms with Gasteiger partial charge >= 0.3 is 0 Å². The summed E-state index contributed by atoms with van der Waals surface area (Å²) in [6, 6.07) is 2.34. The lowest BCUT2D eigenvalue weighted by atomic mass is 9.89. The zero-order valence-electron chi connectivity index (χ0n) is 10.7. The molecule has 2 aliphatic rings. The number of hydrogen-bond acceptors (Lipinski definition) is 3. The van der Waals surface area contributed by atoms with Gasteiger partial charge in [-0.25, -0.2) is 0 Å². The summed E-state index contributed by atoms with van der Waals surface area (Å²) in [5.74, 6) is 0.821. The Kier molecular flexibility index (Phi) is 3.50. The molecule has 1 aliphatic carbocycles. The van der Waals surface area contributed by atoms with Crippen LogP contribution >= 0.6 is 11.3 Å². The summed E-state index contributed by atoms with van der Waals surface area (Å²) in [6.45, 7) is 6.29. The predicted octanol–water partition coefficient (Wildman–Crippen LogP) is 2.42. The number of rotatable bonds is 2. The Morgan fingerprint density at radius 3 is 2.94 bits per heavy atom. The molecule has 17 heavy (non-hydrogen) atoms. The van der Waals surface area contributed by atoms with E-state index in [4.69, 9.17) is 0 Å². The molecule has 0 amide bonds. The highest BCUT2D eigenvalue weighted by Gasteiger charge is 2.24. The van der Waals surface area contributed by atoms with E-state index < -0.39 is 0 Å². The molecule has 0 saturated carbocycles. The Labute approximate surface area is 108 Å². The fourth-order valence-electron chi connectivity index (χ4n) is 3.10. The number of thiophene rings is 1. The average Bonchev–Trinajstić information content (AvgIpc) is 2.81. The summed E-state index contributed by atoms with van der Waals surface area (Å²) in [4.78, 5) is 6.79. The molecule has 2 nitrogen and oxygen atoms in total. The van der Waals surface area contributed by atoms with Gasteiger partial charge in [0, 0.05) is 43.5 Å². The number of nitrogens with zero attached hydrogens (tertiary/aromatic N) is 2. The summed E-state index contributed by atoms with van der Waals surface area (Å²) in [5.41, 5.74) is 1.64. The Balaban J connectivity index is 1.63. The largest absolute Gasteiger partial charge is 0.304 e. The molecule has 1 fully saturated rings. The average molecular weight is 250 g/mol. The first-order valence-corrected chi connectivity index (χ1v) is 7.68. The highest BCUT2D eigenvalue weighted by atomic mass is 32.1. The lowest BCUT2D eigenvalue weighted by molar-refractivity contribution is 0.145. The lowest BCUT2D eigenvalue weighted by Crippen LogP contribution is -2.45. The van der Waals surface area contributed by atoms with Gasteiger partial charge in [0.05, 0.1) is 0 Å². The van der Waals surface area contributed by atoms with Crippen molar-refractivity contribution in [1.29, 1.82) is 0 Å². The zero-order valence-corrected chi connectivity index (χ0v) is 11.5. The molecule has 3 heteroatoms. The minimum Gasteiger partial charge on any atom is -0.304 e. The van der Waals surface area contributed by atoms with E-state index in [1.165, 1.54) is 52.0 Å². The molecule has 0 radical (unpaired) electrons. The van der Waals surface area contributed by atoms with Gasteiger partial charge in [-0.15, -0.1) is 11.3 Å². The standard InChI is InChI=1S/C14H22N2S/c1-15-6-8-16(9-7-15)11-13-4-2-3-12-5-10-17-14(12)13/h5,10,13H,2-4,6-9,11H2,1H3. The molecule has 3 rings (SSSR count). The SMILES string of the molecule is CN1CCN(CC2CCCc3ccsc32)CC1. The molecule has 94 valence electrons. The molecule has 1 aromatic heterocycles. The fraction of sp³-hybridized carbons (Fsp3) is 0.714. The van der Waals surface area contributed by atoms with Crippen LogP contribution in [0.15, 0.2) is 11.4 Å². The van der Waals surface area contributed by atoms with Crippen LogP contribution in [0.25, 0.3) is 0 Å². The minimum atomic E-state index is 0.821. The van der Waals surface area contributed by atoms with E-state index in [1.807, 2.05) is 11.3 Å². The highest BCUT2D eigenvalue weighted by molar-refractivity contribution is 7.10. The van der Waals surface area contributed by atoms with Gasteiger partial charge in [0.2, 0.25) is 0 Å². The van der Waals surface area contributed by atoms with Gasteiger partial charge in [0.25, 0.3) is 0 Å². The van der Waals surface area contributed by atoms with Crippen molar-refractivity contribution in [1.82, 2.24) is 9.80 Å². The van der Waals surface area contributed by atoms with E-state index in [2.05, 4.69) is 28.3 Å². The van der Waals surface area contributed by atoms with Crippen LogP contribution in [-0.4, -0.2) is 49.6 Å². The molecule has 0 spiro atoms. The molecule has 1 atom stereocenters. The molecule has 2 heterocycles. The molecule has 1 aliphatic heterocycles. The van der Waals surface area contributed by atoms with Crippen LogP contribution in [0.2, 0.25) is 0 Å². The van der Waals surface area contributed by atoms with Gasteiger partial charge in [-0.2, -0.15) is 0 Å². The number of piperazine rings is 1. The van der Waals surface area contributed by atoms with Crippen LogP contribution in [0.4, 0.5) is 0 Å². The van der Waals surface area contributed by atoms with Crippen LogP contribution in [-0.2, 0) is 6.42 Å². The zero-order chi connectivity index (χ0) is 11.7. The summed E-state index contributed by atoms with van der Waals surface area (Å²) < 4.78 is 0. The number of likely N-dealkylation sites (N-methyl/N-ethyl adjacent to an activating group) is 1. The van der Waals surface area contributed by atoms with Crippen molar-refractivity contribution in [2.75, 3.05) is 39.8 Å². The van der Waals surface area contributed by atoms with Crippen molar-refractivity contribution >= 4 is 11.3 Å². The van der Waals surface area contributed by atoms with Crippen molar-refractivity contribution in [2.24, 2.45) is 0 Å². The summed E-state index contributed by atoms with van der Waals surface area (Å²) in [6.07, 6.45) is 4.11. The maximum absolute atomic E-state index is 2.67. The van der Waals surface area contributed by atoms with E-state index in [1.54, 1.807) is 10.4 Å². The van der Waals surface area contributed by atoms with Crippen LogP contribution in [0.3, 0.4) is 0 Å². The first-order valence-electron chi connectivity index (χ1n) is 6.80. The lowest BCUT2D eigenvalue weighted by Gasteiger charge is -2.35. The third-order valence-electron chi connectivity index (χ3n) is 4.22. The Hall–Kier alpha value is -0.380. The predicted molar refractivity (Wildman–Crippen MR) is 73.9 cm³/mol. The van der Waals surface area contributed by atoms with Crippen molar-refractivity contribution in [2.45, 2.75) is 25.2 Å². The summed E-state index contributed by atoms with van der Waals surface area (Å²) in [5, 5.41) is 2.28. The van der Waals surface area contributed by atoms with Crippen LogP contribution < -0.4 is 0 Å². The quantitative estimate of drug-likeness (QED) is 0.795. The molecule has 1 saturated heterocycles. The third kappa shape index (κ3) is 2.56. The number of hydrogen-bond donors (Lipinski definition) is 0. The number of fused-ring (bicyclic) bond motifs is 1. The van der Waals surface area contributed by atoms with Gasteiger partial charge in [-0.3, -0.25) is 0 Å². The van der Waals surface area contributed by atoms with Crippen LogP contribution in [0.1, 0.15) is 29.2 Å². The van der Waals surface area contributed by atoms with E-state index in [-0.39, 0.29) is 0 Å². The molecule has 0 aromatic carbocycles. The van der Waals surface area contributed by atoms with E-state index >= 15 is 0 Å². The Morgan fingerprint density at radius 1 is 1.29 bits per heavy atom. The van der Waals surface area contributed by atoms with Crippen molar-refractivity contribution < 1.29 is 0 Å². The maximum atomic E-state index is 2.67. The monoisotopic (exact) mass is 250 g/mol. The molecule has 1 unspecified atom stereocenters. The smallest absolute Gasteiger partial charge is 0.0121 e. The summed E-state index contributed by atoms with van der Waals surface area (Å²) in [7, 11) is 2.23. The molecular weight excluding hydrogens is 228 g/mol. The second-order valence-corrected chi connectivity index (χ2v) is 6.45. The van der Waals surface area contributed by atoms with E-state index in [9.17, 15) is 0 Å². The highest BCUT2D eigenvalue weighted by Crippen LogP contribution is 2.36. The first-order chi connectivity index (χ1) is 8.33. The van der Waals surface area contributed by atoms with Gasteiger partial charge < -0.3 is 9.80 Å². The van der Waals surface area contributed by atoms with E-state index in [0.717, 1.165) is 5.92 Å². The van der Waals surface area contributed by atoms with Gasteiger partial charge in [-0.1, -0.05) is 0 Å². The minimum absolute atomic E-state index is 0.821. The van der Waals surface area contributed by atoms with Gasteiger partial charge in [0.15, 0.2) is 0 Å². The van der Waals surface area contributed by atoms with Gasteiger partial charge in [-0.05, 0) is 43.3 Å². The van der Waals surface area contributed by atoms with Crippen molar-refractivity contribution in [3.05, 3.63) is 21.9 Å². The number of aryl methyl sites for hydroxylation is 1.